The fourth-order valence-electron chi connectivity index (χ4n) is 1.45. The van der Waals surface area contributed by atoms with E-state index in [0.29, 0.717) is 0 Å². The zero-order valence-corrected chi connectivity index (χ0v) is 9.18. The van der Waals surface area contributed by atoms with Crippen LogP contribution in [0.1, 0.15) is 26.7 Å². The van der Waals surface area contributed by atoms with Gasteiger partial charge < -0.3 is 15.2 Å². The summed E-state index contributed by atoms with van der Waals surface area (Å²) >= 11 is 0. The lowest BCUT2D eigenvalue weighted by Crippen LogP contribution is -2.41. The molecule has 0 fully saturated rings. The molecule has 0 aliphatic carbocycles. The number of nitrogens with one attached hydrogen (secondary N) is 1. The maximum Gasteiger partial charge on any atom is 0.0689 e. The van der Waals surface area contributed by atoms with Gasteiger partial charge in [0.1, 0.15) is 0 Å². The van der Waals surface area contributed by atoms with Gasteiger partial charge in [-0.15, -0.1) is 0 Å². The number of rotatable bonds is 5. The highest BCUT2D eigenvalue weighted by molar-refractivity contribution is 5.07. The number of ether oxygens (including phenoxy) is 1. The summed E-state index contributed by atoms with van der Waals surface area (Å²) in [6, 6.07) is 0. The minimum Gasteiger partial charge on any atom is -0.396 e. The van der Waals surface area contributed by atoms with Crippen molar-refractivity contribution < 1.29 is 9.84 Å². The fourth-order valence-corrected chi connectivity index (χ4v) is 1.45. The van der Waals surface area contributed by atoms with Gasteiger partial charge in [0.2, 0.25) is 0 Å². The van der Waals surface area contributed by atoms with Crippen molar-refractivity contribution in [2.24, 2.45) is 0 Å². The van der Waals surface area contributed by atoms with Crippen LogP contribution in [-0.4, -0.2) is 37.0 Å². The van der Waals surface area contributed by atoms with Gasteiger partial charge in [0.15, 0.2) is 0 Å². The second-order valence-electron chi connectivity index (χ2n) is 4.41. The van der Waals surface area contributed by atoms with Gasteiger partial charge in [0.05, 0.1) is 13.2 Å². The predicted octanol–water partition coefficient (Wildman–Crippen LogP) is 1.08. The van der Waals surface area contributed by atoms with Crippen LogP contribution in [0, 0.1) is 0 Å². The number of aliphatic hydroxyl groups excluding tert-OH is 1. The van der Waals surface area contributed by atoms with Crippen molar-refractivity contribution in [3.05, 3.63) is 11.6 Å². The lowest BCUT2D eigenvalue weighted by molar-refractivity contribution is 0.147. The first-order chi connectivity index (χ1) is 6.64. The minimum atomic E-state index is 0.00698. The van der Waals surface area contributed by atoms with Crippen LogP contribution in [0.4, 0.5) is 0 Å². The number of hydrogen-bond donors (Lipinski definition) is 2. The molecule has 0 aromatic carbocycles. The van der Waals surface area contributed by atoms with E-state index in [-0.39, 0.29) is 12.1 Å². The molecule has 0 aromatic rings. The molecule has 82 valence electrons. The normalized spacial score (nSPS) is 18.1. The molecular formula is C11H21NO2. The second-order valence-corrected chi connectivity index (χ2v) is 4.41. The van der Waals surface area contributed by atoms with Gasteiger partial charge in [-0.2, -0.15) is 0 Å². The lowest BCUT2D eigenvalue weighted by atomic mass is 10.0. The number of aliphatic hydroxyl groups is 1. The van der Waals surface area contributed by atoms with Gasteiger partial charge in [-0.3, -0.25) is 0 Å². The van der Waals surface area contributed by atoms with Gasteiger partial charge in [0, 0.05) is 18.7 Å². The molecule has 0 radical (unpaired) electrons. The van der Waals surface area contributed by atoms with Crippen LogP contribution in [0.5, 0.6) is 0 Å². The Morgan fingerprint density at radius 2 is 2.36 bits per heavy atom. The minimum absolute atomic E-state index is 0.00698. The van der Waals surface area contributed by atoms with Crippen LogP contribution in [0.3, 0.4) is 0 Å². The summed E-state index contributed by atoms with van der Waals surface area (Å²) in [7, 11) is 0. The molecule has 1 rings (SSSR count). The monoisotopic (exact) mass is 199 g/mol. The Bertz CT molecular complexity index is 199. The first-order valence-electron chi connectivity index (χ1n) is 5.25. The smallest absolute Gasteiger partial charge is 0.0689 e. The zero-order valence-electron chi connectivity index (χ0n) is 9.18. The molecule has 0 amide bonds. The van der Waals surface area contributed by atoms with Crippen molar-refractivity contribution in [1.29, 1.82) is 0 Å². The molecule has 1 heterocycles. The highest BCUT2D eigenvalue weighted by atomic mass is 16.5. The standard InChI is InChI=1S/C11H21NO2/c1-11(2,5-6-13)12-8-10-4-3-7-14-9-10/h4,12-13H,3,5-9H2,1-2H3. The quantitative estimate of drug-likeness (QED) is 0.651. The maximum atomic E-state index is 8.86. The van der Waals surface area contributed by atoms with Crippen LogP contribution < -0.4 is 5.32 Å². The summed E-state index contributed by atoms with van der Waals surface area (Å²) in [6.07, 6.45) is 4.05. The first-order valence-corrected chi connectivity index (χ1v) is 5.25. The SMILES string of the molecule is CC(C)(CCO)NCC1=CCCOC1. The Hall–Kier alpha value is -0.380. The highest BCUT2D eigenvalue weighted by Crippen LogP contribution is 2.10. The molecule has 1 aliphatic rings. The Morgan fingerprint density at radius 1 is 1.57 bits per heavy atom. The first kappa shape index (κ1) is 11.7. The average molecular weight is 199 g/mol. The summed E-state index contributed by atoms with van der Waals surface area (Å²) in [5.74, 6) is 0. The Balaban J connectivity index is 2.27. The topological polar surface area (TPSA) is 41.5 Å². The average Bonchev–Trinajstić information content (AvgIpc) is 2.17. The van der Waals surface area contributed by atoms with Crippen molar-refractivity contribution in [3.63, 3.8) is 0 Å². The predicted molar refractivity (Wildman–Crippen MR) is 57.3 cm³/mol. The Labute approximate surface area is 86.2 Å². The Kier molecular flexibility index (Phi) is 4.58. The molecule has 2 N–H and O–H groups in total. The van der Waals surface area contributed by atoms with E-state index in [0.717, 1.165) is 32.6 Å². The van der Waals surface area contributed by atoms with Crippen molar-refractivity contribution >= 4 is 0 Å². The summed E-state index contributed by atoms with van der Waals surface area (Å²) < 4.78 is 5.35. The molecule has 0 aromatic heterocycles. The molecule has 0 saturated heterocycles. The molecule has 0 saturated carbocycles. The highest BCUT2D eigenvalue weighted by Gasteiger charge is 2.16. The largest absolute Gasteiger partial charge is 0.396 e. The van der Waals surface area contributed by atoms with E-state index in [1.54, 1.807) is 0 Å². The van der Waals surface area contributed by atoms with Crippen LogP contribution in [0.25, 0.3) is 0 Å². The molecule has 0 unspecified atom stereocenters. The maximum absolute atomic E-state index is 8.86. The molecule has 3 heteroatoms. The van der Waals surface area contributed by atoms with Gasteiger partial charge in [-0.25, -0.2) is 0 Å². The summed E-state index contributed by atoms with van der Waals surface area (Å²) in [6.45, 7) is 6.91. The van der Waals surface area contributed by atoms with Crippen LogP contribution in [0.15, 0.2) is 11.6 Å². The summed E-state index contributed by atoms with van der Waals surface area (Å²) in [5, 5.41) is 12.3. The zero-order chi connectivity index (χ0) is 10.4. The third-order valence-corrected chi connectivity index (χ3v) is 2.51. The molecular weight excluding hydrogens is 178 g/mol. The van der Waals surface area contributed by atoms with E-state index in [2.05, 4.69) is 25.2 Å². The van der Waals surface area contributed by atoms with Crippen molar-refractivity contribution in [2.45, 2.75) is 32.2 Å². The van der Waals surface area contributed by atoms with Gasteiger partial charge in [0.25, 0.3) is 0 Å². The lowest BCUT2D eigenvalue weighted by Gasteiger charge is -2.27. The Morgan fingerprint density at radius 3 is 2.93 bits per heavy atom. The van der Waals surface area contributed by atoms with Crippen molar-refractivity contribution in [2.75, 3.05) is 26.4 Å². The van der Waals surface area contributed by atoms with E-state index >= 15 is 0 Å². The van der Waals surface area contributed by atoms with E-state index in [1.165, 1.54) is 5.57 Å². The second kappa shape index (κ2) is 5.49. The molecule has 0 atom stereocenters. The summed E-state index contributed by atoms with van der Waals surface area (Å²) in [5.41, 5.74) is 1.33. The van der Waals surface area contributed by atoms with Crippen molar-refractivity contribution in [3.8, 4) is 0 Å². The van der Waals surface area contributed by atoms with Gasteiger partial charge >= 0.3 is 0 Å². The molecule has 14 heavy (non-hydrogen) atoms. The summed E-state index contributed by atoms with van der Waals surface area (Å²) in [4.78, 5) is 0. The molecule has 3 nitrogen and oxygen atoms in total. The third-order valence-electron chi connectivity index (χ3n) is 2.51. The molecule has 1 aliphatic heterocycles. The van der Waals surface area contributed by atoms with E-state index in [9.17, 15) is 0 Å². The van der Waals surface area contributed by atoms with Gasteiger partial charge in [-0.05, 0) is 32.3 Å². The third kappa shape index (κ3) is 4.22. The van der Waals surface area contributed by atoms with Gasteiger partial charge in [-0.1, -0.05) is 6.08 Å². The number of hydrogen-bond acceptors (Lipinski definition) is 3. The van der Waals surface area contributed by atoms with E-state index < -0.39 is 0 Å². The van der Waals surface area contributed by atoms with E-state index in [1.807, 2.05) is 0 Å². The van der Waals surface area contributed by atoms with Crippen molar-refractivity contribution in [1.82, 2.24) is 5.32 Å². The van der Waals surface area contributed by atoms with Crippen LogP contribution >= 0.6 is 0 Å². The van der Waals surface area contributed by atoms with Crippen LogP contribution in [-0.2, 0) is 4.74 Å². The molecule has 0 bridgehead atoms. The molecule has 0 spiro atoms. The van der Waals surface area contributed by atoms with Crippen LogP contribution in [0.2, 0.25) is 0 Å². The fraction of sp³-hybridized carbons (Fsp3) is 0.818. The van der Waals surface area contributed by atoms with E-state index in [4.69, 9.17) is 9.84 Å².